The van der Waals surface area contributed by atoms with E-state index in [-0.39, 0.29) is 53.2 Å². The van der Waals surface area contributed by atoms with E-state index in [4.69, 9.17) is 10.5 Å². The predicted octanol–water partition coefficient (Wildman–Crippen LogP) is 5.16. The van der Waals surface area contributed by atoms with Gasteiger partial charge in [-0.25, -0.2) is 18.1 Å². The first kappa shape index (κ1) is 44.0. The number of hydrogen-bond donors (Lipinski definition) is 3. The third kappa shape index (κ3) is 12.6. The van der Waals surface area contributed by atoms with E-state index in [0.29, 0.717) is 18.0 Å². The fourth-order valence-electron chi connectivity index (χ4n) is 6.62. The molecule has 3 amide bonds. The number of esters is 1. The van der Waals surface area contributed by atoms with Crippen LogP contribution in [-0.4, -0.2) is 85.2 Å². The summed E-state index contributed by atoms with van der Waals surface area (Å²) >= 11 is 1.07. The van der Waals surface area contributed by atoms with Gasteiger partial charge in [-0.15, -0.1) is 11.3 Å². The molecule has 2 aromatic rings. The van der Waals surface area contributed by atoms with Gasteiger partial charge in [0.2, 0.25) is 11.8 Å². The summed E-state index contributed by atoms with van der Waals surface area (Å²) in [5.41, 5.74) is 6.21. The van der Waals surface area contributed by atoms with E-state index in [2.05, 4.69) is 26.8 Å². The molecule has 1 aliphatic rings. The largest absolute Gasteiger partial charge is 0.455 e. The van der Waals surface area contributed by atoms with Crippen molar-refractivity contribution in [3.05, 3.63) is 45.9 Å². The number of nitrogens with zero attached hydrogens (tertiary/aromatic N) is 3. The zero-order chi connectivity index (χ0) is 39.3. The number of hydrogen-bond acceptors (Lipinski definition) is 11. The number of benzene rings is 1. The molecule has 15 heteroatoms. The topological polar surface area (TPSA) is 181 Å². The zero-order valence-electron chi connectivity index (χ0n) is 32.4. The van der Waals surface area contributed by atoms with Crippen LogP contribution in [0.5, 0.6) is 0 Å². The van der Waals surface area contributed by atoms with E-state index in [1.165, 1.54) is 24.4 Å². The van der Waals surface area contributed by atoms with Gasteiger partial charge in [-0.3, -0.25) is 24.1 Å². The van der Waals surface area contributed by atoms with Crippen LogP contribution in [0.3, 0.4) is 0 Å². The Morgan fingerprint density at radius 3 is 2.36 bits per heavy atom. The second-order valence-electron chi connectivity index (χ2n) is 14.5. The van der Waals surface area contributed by atoms with E-state index in [1.807, 2.05) is 39.6 Å². The van der Waals surface area contributed by atoms with Gasteiger partial charge in [-0.2, -0.15) is 0 Å². The van der Waals surface area contributed by atoms with Crippen molar-refractivity contribution >= 4 is 45.1 Å². The lowest BCUT2D eigenvalue weighted by Gasteiger charge is -2.40. The van der Waals surface area contributed by atoms with Crippen molar-refractivity contribution in [1.82, 2.24) is 24.8 Å². The molecule has 0 unspecified atom stereocenters. The number of amides is 3. The highest BCUT2D eigenvalue weighted by Gasteiger charge is 2.38. The van der Waals surface area contributed by atoms with E-state index >= 15 is 0 Å². The molecule has 0 spiro atoms. The first-order valence-corrected chi connectivity index (χ1v) is 21.3. The van der Waals surface area contributed by atoms with Crippen LogP contribution in [0.2, 0.25) is 0 Å². The van der Waals surface area contributed by atoms with E-state index in [0.717, 1.165) is 68.4 Å². The number of thiazole rings is 1. The van der Waals surface area contributed by atoms with Gasteiger partial charge in [0.05, 0.1) is 10.9 Å². The minimum Gasteiger partial charge on any atom is -0.455 e. The minimum atomic E-state index is -4.20. The van der Waals surface area contributed by atoms with Crippen LogP contribution in [0, 0.1) is 11.8 Å². The summed E-state index contributed by atoms with van der Waals surface area (Å²) in [6.45, 7) is 12.9. The summed E-state index contributed by atoms with van der Waals surface area (Å²) in [5, 5.41) is 4.86. The van der Waals surface area contributed by atoms with Gasteiger partial charge in [-0.1, -0.05) is 78.9 Å². The number of aromatic nitrogens is 1. The molecule has 2 heterocycles. The smallest absolute Gasteiger partial charge is 0.303 e. The average Bonchev–Trinajstić information content (AvgIpc) is 3.63. The predicted molar refractivity (Wildman–Crippen MR) is 206 cm³/mol. The lowest BCUT2D eigenvalue weighted by molar-refractivity contribution is -0.149. The third-order valence-electron chi connectivity index (χ3n) is 10.0. The Hall–Kier alpha value is -3.40. The number of nitrogens with one attached hydrogen (secondary N) is 2. The Kier molecular flexibility index (Phi) is 17.3. The van der Waals surface area contributed by atoms with Crippen molar-refractivity contribution < 1.29 is 32.3 Å². The number of sulfonamides is 1. The summed E-state index contributed by atoms with van der Waals surface area (Å²) in [6, 6.07) is 4.42. The quantitative estimate of drug-likeness (QED) is 0.120. The molecular weight excluding hydrogens is 717 g/mol. The van der Waals surface area contributed by atoms with Gasteiger partial charge >= 0.3 is 5.97 Å². The molecule has 0 saturated carbocycles. The van der Waals surface area contributed by atoms with Crippen LogP contribution >= 0.6 is 11.3 Å². The first-order chi connectivity index (χ1) is 25.1. The highest BCUT2D eigenvalue weighted by atomic mass is 32.2. The fraction of sp³-hybridized carbons (Fsp3) is 0.658. The standard InChI is InChI=1S/C38H60N6O7S2/c1-8-10-11-13-21-44(38(48)34(26(5)9-2)41-36(47)31-15-12-14-20-43(31)7)32(25(3)4)22-33(51-27(6)45)37-40-30(24-52-37)35(46)42-53(49,50)29-18-16-28(23-39)17-19-29/h16-19,24-26,31-34H,8-15,20-23,39H2,1-7H3,(H,41,47)(H,42,46)/t26-,31+,32+,33+,34-/m0/s1. The molecule has 0 aliphatic carbocycles. The van der Waals surface area contributed by atoms with Crippen LogP contribution < -0.4 is 15.8 Å². The molecule has 1 fully saturated rings. The molecule has 0 radical (unpaired) electrons. The molecule has 1 aliphatic heterocycles. The number of piperidine rings is 1. The summed E-state index contributed by atoms with van der Waals surface area (Å²) in [7, 11) is -2.26. The van der Waals surface area contributed by atoms with Gasteiger partial charge in [0.25, 0.3) is 15.9 Å². The van der Waals surface area contributed by atoms with Crippen molar-refractivity contribution in [2.75, 3.05) is 20.1 Å². The van der Waals surface area contributed by atoms with Crippen LogP contribution in [-0.2, 0) is 35.7 Å². The molecule has 53 heavy (non-hydrogen) atoms. The van der Waals surface area contributed by atoms with Crippen LogP contribution in [0.4, 0.5) is 0 Å². The lowest BCUT2D eigenvalue weighted by Crippen LogP contribution is -2.59. The van der Waals surface area contributed by atoms with E-state index in [1.54, 1.807) is 12.1 Å². The molecule has 5 atom stereocenters. The average molecular weight is 777 g/mol. The molecule has 0 bridgehead atoms. The molecule has 1 aromatic carbocycles. The van der Waals surface area contributed by atoms with Gasteiger partial charge in [0, 0.05) is 37.9 Å². The minimum absolute atomic E-state index is 0.0838. The lowest BCUT2D eigenvalue weighted by atomic mass is 9.91. The van der Waals surface area contributed by atoms with Crippen LogP contribution in [0.15, 0.2) is 34.5 Å². The number of nitrogens with two attached hydrogens (primary N) is 1. The molecule has 296 valence electrons. The highest BCUT2D eigenvalue weighted by molar-refractivity contribution is 7.90. The number of likely N-dealkylation sites (N-methyl/N-ethyl adjacent to an activating group) is 1. The second kappa shape index (κ2) is 20.9. The van der Waals surface area contributed by atoms with Gasteiger partial charge in [0.15, 0.2) is 6.10 Å². The molecule has 1 saturated heterocycles. The number of carbonyl (C=O) groups excluding carboxylic acids is 4. The first-order valence-electron chi connectivity index (χ1n) is 18.9. The number of rotatable bonds is 20. The molecule has 13 nitrogen and oxygen atoms in total. The number of likely N-dealkylation sites (tertiary alicyclic amines) is 1. The number of unbranched alkanes of at least 4 members (excludes halogenated alkanes) is 3. The van der Waals surface area contributed by atoms with Crippen molar-refractivity contribution in [3.8, 4) is 0 Å². The van der Waals surface area contributed by atoms with Gasteiger partial charge in [-0.05, 0) is 62.4 Å². The maximum absolute atomic E-state index is 14.7. The monoisotopic (exact) mass is 776 g/mol. The Morgan fingerprint density at radius 1 is 1.08 bits per heavy atom. The van der Waals surface area contributed by atoms with Crippen LogP contribution in [0.1, 0.15) is 126 Å². The van der Waals surface area contributed by atoms with Crippen LogP contribution in [0.25, 0.3) is 0 Å². The van der Waals surface area contributed by atoms with E-state index in [9.17, 15) is 27.6 Å². The number of ether oxygens (including phenoxy) is 1. The Morgan fingerprint density at radius 2 is 1.77 bits per heavy atom. The van der Waals surface area contributed by atoms with E-state index < -0.39 is 40.1 Å². The normalized spacial score (nSPS) is 17.4. The highest BCUT2D eigenvalue weighted by Crippen LogP contribution is 2.32. The zero-order valence-corrected chi connectivity index (χ0v) is 34.1. The summed E-state index contributed by atoms with van der Waals surface area (Å²) in [4.78, 5) is 62.2. The van der Waals surface area contributed by atoms with Crippen molar-refractivity contribution in [2.24, 2.45) is 17.6 Å². The molecule has 3 rings (SSSR count). The van der Waals surface area contributed by atoms with Crippen molar-refractivity contribution in [3.63, 3.8) is 0 Å². The molecule has 4 N–H and O–H groups in total. The summed E-state index contributed by atoms with van der Waals surface area (Å²) in [6.07, 6.45) is 6.41. The summed E-state index contributed by atoms with van der Waals surface area (Å²) in [5.74, 6) is -2.03. The fourth-order valence-corrected chi connectivity index (χ4v) is 8.42. The van der Waals surface area contributed by atoms with Gasteiger partial charge < -0.3 is 20.7 Å². The van der Waals surface area contributed by atoms with Crippen molar-refractivity contribution in [2.45, 2.75) is 135 Å². The maximum Gasteiger partial charge on any atom is 0.303 e. The third-order valence-corrected chi connectivity index (χ3v) is 12.3. The Balaban J connectivity index is 1.92. The van der Waals surface area contributed by atoms with Gasteiger partial charge in [0.1, 0.15) is 16.7 Å². The SMILES string of the molecule is CCCCCCN(C(=O)[C@@H](NC(=O)[C@H]1CCCCN1C)[C@@H](C)CC)[C@H](C[C@@H](OC(C)=O)c1nc(C(=O)NS(=O)(=O)c2ccc(CN)cc2)cs1)C(C)C. The second-order valence-corrected chi connectivity index (χ2v) is 17.0. The Labute approximate surface area is 319 Å². The van der Waals surface area contributed by atoms with Crippen molar-refractivity contribution in [1.29, 1.82) is 0 Å². The molecule has 1 aromatic heterocycles. The molecular formula is C38H60N6O7S2. The maximum atomic E-state index is 14.7. The summed E-state index contributed by atoms with van der Waals surface area (Å²) < 4.78 is 33.8. The number of carbonyl (C=O) groups is 4. The Bertz CT molecular complexity index is 1610.